The van der Waals surface area contributed by atoms with Crippen LogP contribution in [0.25, 0.3) is 11.0 Å². The number of aromatic nitrogens is 4. The quantitative estimate of drug-likeness (QED) is 0.461. The molecule has 4 rings (SSSR count). The zero-order valence-corrected chi connectivity index (χ0v) is 17.9. The van der Waals surface area contributed by atoms with Gasteiger partial charge in [-0.15, -0.1) is 0 Å². The Morgan fingerprint density at radius 3 is 2.63 bits per heavy atom. The zero-order chi connectivity index (χ0) is 21.3. The second-order valence-corrected chi connectivity index (χ2v) is 8.74. The summed E-state index contributed by atoms with van der Waals surface area (Å²) in [6, 6.07) is 6.00. The summed E-state index contributed by atoms with van der Waals surface area (Å²) in [6.45, 7) is 3.99. The van der Waals surface area contributed by atoms with Crippen LogP contribution in [-0.4, -0.2) is 49.0 Å². The highest BCUT2D eigenvalue weighted by Crippen LogP contribution is 2.21. The highest BCUT2D eigenvalue weighted by atomic mass is 32.2. The number of likely N-dealkylation sites (tertiary alicyclic amines) is 1. The number of hydrogen-bond acceptors (Lipinski definition) is 5. The van der Waals surface area contributed by atoms with Crippen molar-refractivity contribution >= 4 is 28.7 Å². The Balaban J connectivity index is 1.61. The van der Waals surface area contributed by atoms with Crippen LogP contribution in [0.3, 0.4) is 0 Å². The van der Waals surface area contributed by atoms with Crippen molar-refractivity contribution < 1.29 is 9.18 Å². The minimum Gasteiger partial charge on any atom is -0.342 e. The third-order valence-electron chi connectivity index (χ3n) is 5.42. The Hall–Kier alpha value is -2.68. The Morgan fingerprint density at radius 2 is 1.93 bits per heavy atom. The molecular formula is C21H24FN5O2S. The number of carbonyl (C=O) groups excluding carboxylic acids is 1. The van der Waals surface area contributed by atoms with E-state index in [9.17, 15) is 14.0 Å². The van der Waals surface area contributed by atoms with Gasteiger partial charge in [-0.25, -0.2) is 9.37 Å². The molecule has 1 aromatic carbocycles. The van der Waals surface area contributed by atoms with Crippen LogP contribution in [-0.2, 0) is 18.4 Å². The highest BCUT2D eigenvalue weighted by molar-refractivity contribution is 7.99. The Kier molecular flexibility index (Phi) is 5.90. The van der Waals surface area contributed by atoms with Crippen LogP contribution in [0.5, 0.6) is 0 Å². The van der Waals surface area contributed by atoms with E-state index in [0.717, 1.165) is 31.5 Å². The first-order chi connectivity index (χ1) is 14.4. The van der Waals surface area contributed by atoms with Crippen LogP contribution in [0, 0.1) is 11.7 Å². The summed E-state index contributed by atoms with van der Waals surface area (Å²) in [7, 11) is 1.74. The number of benzene rings is 1. The molecule has 0 bridgehead atoms. The van der Waals surface area contributed by atoms with Crippen molar-refractivity contribution in [2.45, 2.75) is 31.5 Å². The second kappa shape index (κ2) is 8.59. The Labute approximate surface area is 177 Å². The van der Waals surface area contributed by atoms with Crippen molar-refractivity contribution in [1.82, 2.24) is 24.2 Å². The molecule has 2 aromatic heterocycles. The van der Waals surface area contributed by atoms with Crippen molar-refractivity contribution in [1.29, 1.82) is 0 Å². The lowest BCUT2D eigenvalue weighted by Crippen LogP contribution is -2.39. The molecule has 0 N–H and O–H groups in total. The molecular weight excluding hydrogens is 405 g/mol. The van der Waals surface area contributed by atoms with E-state index in [1.807, 2.05) is 4.90 Å². The molecule has 0 aliphatic carbocycles. The molecule has 1 amide bonds. The van der Waals surface area contributed by atoms with E-state index >= 15 is 0 Å². The van der Waals surface area contributed by atoms with Gasteiger partial charge in [-0.05, 0) is 36.5 Å². The van der Waals surface area contributed by atoms with Crippen LogP contribution < -0.4 is 5.56 Å². The highest BCUT2D eigenvalue weighted by Gasteiger charge is 2.22. The fraction of sp³-hybridized carbons (Fsp3) is 0.429. The summed E-state index contributed by atoms with van der Waals surface area (Å²) in [4.78, 5) is 32.2. The maximum absolute atomic E-state index is 13.3. The number of hydrogen-bond donors (Lipinski definition) is 0. The lowest BCUT2D eigenvalue weighted by Gasteiger charge is -2.30. The van der Waals surface area contributed by atoms with Gasteiger partial charge in [0.1, 0.15) is 11.3 Å². The van der Waals surface area contributed by atoms with Crippen molar-refractivity contribution in [3.8, 4) is 0 Å². The van der Waals surface area contributed by atoms with Crippen LogP contribution in [0.2, 0.25) is 0 Å². The number of thioether (sulfide) groups is 1. The molecule has 158 valence electrons. The van der Waals surface area contributed by atoms with E-state index in [0.29, 0.717) is 16.6 Å². The smallest absolute Gasteiger partial charge is 0.282 e. The molecule has 0 unspecified atom stereocenters. The van der Waals surface area contributed by atoms with Gasteiger partial charge >= 0.3 is 0 Å². The van der Waals surface area contributed by atoms with Crippen molar-refractivity contribution in [3.05, 3.63) is 52.2 Å². The standard InChI is InChI=1S/C21H24FN5O2S/c1-14-7-9-26(10-8-14)18(28)13-30-21-23-17-12-25(2)24-19(17)20(29)27(21)11-15-3-5-16(22)6-4-15/h3-6,12,14H,7-11,13H2,1-2H3. The van der Waals surface area contributed by atoms with Crippen LogP contribution in [0.1, 0.15) is 25.3 Å². The first-order valence-corrected chi connectivity index (χ1v) is 11.0. The summed E-state index contributed by atoms with van der Waals surface area (Å²) >= 11 is 1.26. The maximum atomic E-state index is 13.3. The van der Waals surface area contributed by atoms with Gasteiger partial charge in [0.25, 0.3) is 5.56 Å². The molecule has 1 fully saturated rings. The molecule has 9 heteroatoms. The van der Waals surface area contributed by atoms with Gasteiger partial charge in [-0.3, -0.25) is 18.8 Å². The van der Waals surface area contributed by atoms with Crippen molar-refractivity contribution in [3.63, 3.8) is 0 Å². The fourth-order valence-electron chi connectivity index (χ4n) is 3.59. The molecule has 1 aliphatic heterocycles. The summed E-state index contributed by atoms with van der Waals surface area (Å²) in [5.74, 6) is 0.592. The van der Waals surface area contributed by atoms with E-state index in [1.54, 1.807) is 30.1 Å². The molecule has 1 aliphatic rings. The number of nitrogens with zero attached hydrogens (tertiary/aromatic N) is 5. The second-order valence-electron chi connectivity index (χ2n) is 7.80. The van der Waals surface area contributed by atoms with Gasteiger partial charge in [0.15, 0.2) is 10.7 Å². The largest absolute Gasteiger partial charge is 0.342 e. The van der Waals surface area contributed by atoms with Gasteiger partial charge < -0.3 is 4.90 Å². The van der Waals surface area contributed by atoms with Crippen molar-refractivity contribution in [2.24, 2.45) is 13.0 Å². The zero-order valence-electron chi connectivity index (χ0n) is 17.0. The topological polar surface area (TPSA) is 73.0 Å². The number of aryl methyl sites for hydroxylation is 1. The van der Waals surface area contributed by atoms with Gasteiger partial charge in [0.05, 0.1) is 18.5 Å². The predicted octanol–water partition coefficient (Wildman–Crippen LogP) is 2.67. The van der Waals surface area contributed by atoms with E-state index in [4.69, 9.17) is 0 Å². The van der Waals surface area contributed by atoms with Crippen LogP contribution in [0.15, 0.2) is 40.4 Å². The monoisotopic (exact) mass is 429 g/mol. The SMILES string of the molecule is CC1CCN(C(=O)CSc2nc3cn(C)nc3c(=O)n2Cc2ccc(F)cc2)CC1. The molecule has 3 aromatic rings. The third kappa shape index (κ3) is 4.40. The molecule has 30 heavy (non-hydrogen) atoms. The lowest BCUT2D eigenvalue weighted by molar-refractivity contribution is -0.129. The molecule has 0 atom stereocenters. The van der Waals surface area contributed by atoms with E-state index in [1.165, 1.54) is 28.5 Å². The lowest BCUT2D eigenvalue weighted by atomic mass is 9.99. The molecule has 1 saturated heterocycles. The minimum absolute atomic E-state index is 0.0563. The maximum Gasteiger partial charge on any atom is 0.282 e. The summed E-state index contributed by atoms with van der Waals surface area (Å²) in [6.07, 6.45) is 3.73. The summed E-state index contributed by atoms with van der Waals surface area (Å²) in [5.41, 5.74) is 1.28. The average molecular weight is 430 g/mol. The number of rotatable bonds is 5. The Bertz CT molecular complexity index is 1120. The summed E-state index contributed by atoms with van der Waals surface area (Å²) in [5, 5.41) is 4.68. The number of piperidine rings is 1. The molecule has 0 spiro atoms. The first-order valence-electron chi connectivity index (χ1n) is 10.00. The normalized spacial score (nSPS) is 15.1. The minimum atomic E-state index is -0.333. The van der Waals surface area contributed by atoms with E-state index in [2.05, 4.69) is 17.0 Å². The molecule has 0 radical (unpaired) electrons. The molecule has 3 heterocycles. The average Bonchev–Trinajstić information content (AvgIpc) is 3.11. The van der Waals surface area contributed by atoms with E-state index in [-0.39, 0.29) is 35.1 Å². The first kappa shape index (κ1) is 20.6. The van der Waals surface area contributed by atoms with Crippen LogP contribution >= 0.6 is 11.8 Å². The van der Waals surface area contributed by atoms with Gasteiger partial charge in [0, 0.05) is 20.1 Å². The Morgan fingerprint density at radius 1 is 1.23 bits per heavy atom. The number of amides is 1. The fourth-order valence-corrected chi connectivity index (χ4v) is 4.49. The number of halogens is 1. The number of carbonyl (C=O) groups is 1. The molecule has 7 nitrogen and oxygen atoms in total. The van der Waals surface area contributed by atoms with Crippen molar-refractivity contribution in [2.75, 3.05) is 18.8 Å². The number of fused-ring (bicyclic) bond motifs is 1. The van der Waals surface area contributed by atoms with Gasteiger partial charge in [-0.2, -0.15) is 5.10 Å². The van der Waals surface area contributed by atoms with Gasteiger partial charge in [0.2, 0.25) is 5.91 Å². The van der Waals surface area contributed by atoms with Gasteiger partial charge in [-0.1, -0.05) is 30.8 Å². The third-order valence-corrected chi connectivity index (χ3v) is 6.38. The molecule has 0 saturated carbocycles. The van der Waals surface area contributed by atoms with Crippen LogP contribution in [0.4, 0.5) is 4.39 Å². The summed E-state index contributed by atoms with van der Waals surface area (Å²) < 4.78 is 16.3. The van der Waals surface area contributed by atoms with E-state index < -0.39 is 0 Å². The predicted molar refractivity (Wildman–Crippen MR) is 114 cm³/mol.